The van der Waals surface area contributed by atoms with Crippen LogP contribution in [0.4, 0.5) is 4.39 Å². The molecule has 0 N–H and O–H groups in total. The zero-order valence-corrected chi connectivity index (χ0v) is 9.04. The fraction of sp³-hybridized carbons (Fsp3) is 0.385. The first-order valence-corrected chi connectivity index (χ1v) is 5.40. The van der Waals surface area contributed by atoms with Crippen molar-refractivity contribution in [1.29, 1.82) is 0 Å². The van der Waals surface area contributed by atoms with Crippen LogP contribution >= 0.6 is 0 Å². The molecular formula is C13H16FN. The van der Waals surface area contributed by atoms with Gasteiger partial charge in [-0.3, -0.25) is 0 Å². The van der Waals surface area contributed by atoms with Gasteiger partial charge in [0.05, 0.1) is 0 Å². The molecule has 0 atom stereocenters. The van der Waals surface area contributed by atoms with Crippen molar-refractivity contribution in [1.82, 2.24) is 4.90 Å². The Morgan fingerprint density at radius 3 is 2.87 bits per heavy atom. The van der Waals surface area contributed by atoms with Crippen LogP contribution in [0.3, 0.4) is 0 Å². The van der Waals surface area contributed by atoms with Gasteiger partial charge in [0, 0.05) is 18.7 Å². The summed E-state index contributed by atoms with van der Waals surface area (Å²) in [5.41, 5.74) is 2.17. The average molecular weight is 205 g/mol. The Morgan fingerprint density at radius 2 is 2.13 bits per heavy atom. The van der Waals surface area contributed by atoms with Gasteiger partial charge in [0.2, 0.25) is 0 Å². The van der Waals surface area contributed by atoms with Crippen LogP contribution in [-0.2, 0) is 6.54 Å². The second-order valence-corrected chi connectivity index (χ2v) is 4.14. The van der Waals surface area contributed by atoms with E-state index in [0.29, 0.717) is 6.54 Å². The molecule has 1 aromatic carbocycles. The fourth-order valence-electron chi connectivity index (χ4n) is 1.97. The van der Waals surface area contributed by atoms with E-state index < -0.39 is 0 Å². The maximum atomic E-state index is 13.4. The summed E-state index contributed by atoms with van der Waals surface area (Å²) in [6, 6.07) is 7.00. The molecule has 0 fully saturated rings. The van der Waals surface area contributed by atoms with E-state index in [1.54, 1.807) is 6.07 Å². The van der Waals surface area contributed by atoms with Gasteiger partial charge >= 0.3 is 0 Å². The van der Waals surface area contributed by atoms with E-state index in [1.807, 2.05) is 12.1 Å². The smallest absolute Gasteiger partial charge is 0.128 e. The molecule has 15 heavy (non-hydrogen) atoms. The highest BCUT2D eigenvalue weighted by atomic mass is 19.1. The number of rotatable bonds is 2. The third kappa shape index (κ3) is 2.58. The van der Waals surface area contributed by atoms with Gasteiger partial charge in [-0.25, -0.2) is 4.39 Å². The van der Waals surface area contributed by atoms with Gasteiger partial charge in [-0.05, 0) is 32.0 Å². The lowest BCUT2D eigenvalue weighted by Gasteiger charge is -2.25. The number of nitrogens with zero attached hydrogens (tertiary/aromatic N) is 1. The highest BCUT2D eigenvalue weighted by molar-refractivity contribution is 5.18. The summed E-state index contributed by atoms with van der Waals surface area (Å²) in [5.74, 6) is -0.103. The summed E-state index contributed by atoms with van der Waals surface area (Å²) in [7, 11) is 0. The van der Waals surface area contributed by atoms with Crippen molar-refractivity contribution in [3.8, 4) is 0 Å². The fourth-order valence-corrected chi connectivity index (χ4v) is 1.97. The first-order valence-electron chi connectivity index (χ1n) is 5.40. The van der Waals surface area contributed by atoms with Crippen molar-refractivity contribution >= 4 is 0 Å². The highest BCUT2D eigenvalue weighted by Crippen LogP contribution is 2.17. The minimum absolute atomic E-state index is 0.103. The highest BCUT2D eigenvalue weighted by Gasteiger charge is 2.09. The summed E-state index contributed by atoms with van der Waals surface area (Å²) < 4.78 is 13.4. The Balaban J connectivity index is 2.09. The number of halogens is 1. The lowest BCUT2D eigenvalue weighted by molar-refractivity contribution is 0.336. The van der Waals surface area contributed by atoms with Gasteiger partial charge in [0.1, 0.15) is 5.82 Å². The van der Waals surface area contributed by atoms with Gasteiger partial charge in [-0.15, -0.1) is 0 Å². The molecular weight excluding hydrogens is 189 g/mol. The van der Waals surface area contributed by atoms with Crippen LogP contribution in [0.25, 0.3) is 0 Å². The van der Waals surface area contributed by atoms with Crippen LogP contribution in [0.1, 0.15) is 25.3 Å². The lowest BCUT2D eigenvalue weighted by Crippen LogP contribution is -2.22. The van der Waals surface area contributed by atoms with E-state index >= 15 is 0 Å². The maximum absolute atomic E-state index is 13.4. The van der Waals surface area contributed by atoms with Crippen LogP contribution < -0.4 is 0 Å². The monoisotopic (exact) mass is 205 g/mol. The zero-order chi connectivity index (χ0) is 10.7. The normalized spacial score (nSPS) is 16.4. The Kier molecular flexibility index (Phi) is 3.05. The third-order valence-corrected chi connectivity index (χ3v) is 2.75. The average Bonchev–Trinajstić information content (AvgIpc) is 2.22. The Labute approximate surface area is 90.2 Å². The number of allylic oxidation sites excluding steroid dienone is 1. The second kappa shape index (κ2) is 4.47. The second-order valence-electron chi connectivity index (χ2n) is 4.14. The molecule has 2 rings (SSSR count). The summed E-state index contributed by atoms with van der Waals surface area (Å²) in [6.45, 7) is 3.85. The topological polar surface area (TPSA) is 3.24 Å². The molecule has 80 valence electrons. The molecule has 1 heterocycles. The molecule has 1 aliphatic rings. The number of hydrogen-bond acceptors (Lipinski definition) is 1. The quantitative estimate of drug-likeness (QED) is 0.716. The SMILES string of the molecule is CC1=CN(Cc2ccccc2F)CCC1. The van der Waals surface area contributed by atoms with Crippen LogP contribution in [-0.4, -0.2) is 11.4 Å². The summed E-state index contributed by atoms with van der Waals surface area (Å²) in [5, 5.41) is 0. The van der Waals surface area contributed by atoms with Crippen molar-refractivity contribution in [2.45, 2.75) is 26.3 Å². The zero-order valence-electron chi connectivity index (χ0n) is 9.04. The number of hydrogen-bond donors (Lipinski definition) is 0. The Morgan fingerprint density at radius 1 is 1.33 bits per heavy atom. The van der Waals surface area contributed by atoms with E-state index in [2.05, 4.69) is 18.0 Å². The van der Waals surface area contributed by atoms with Crippen LogP contribution in [0.2, 0.25) is 0 Å². The largest absolute Gasteiger partial charge is 0.373 e. The van der Waals surface area contributed by atoms with E-state index in [0.717, 1.165) is 12.1 Å². The lowest BCUT2D eigenvalue weighted by atomic mass is 10.1. The summed E-state index contributed by atoms with van der Waals surface area (Å²) in [4.78, 5) is 2.19. The molecule has 1 nitrogen and oxygen atoms in total. The predicted octanol–water partition coefficient (Wildman–Crippen LogP) is 3.33. The van der Waals surface area contributed by atoms with Crippen LogP contribution in [0.15, 0.2) is 36.0 Å². The van der Waals surface area contributed by atoms with E-state index in [1.165, 1.54) is 24.5 Å². The molecule has 0 bridgehead atoms. The molecule has 1 aliphatic heterocycles. The van der Waals surface area contributed by atoms with Crippen molar-refractivity contribution in [3.05, 3.63) is 47.4 Å². The molecule has 0 aliphatic carbocycles. The van der Waals surface area contributed by atoms with Gasteiger partial charge in [0.15, 0.2) is 0 Å². The standard InChI is InChI=1S/C13H16FN/c1-11-5-4-8-15(9-11)10-12-6-2-3-7-13(12)14/h2-3,6-7,9H,4-5,8,10H2,1H3. The molecule has 1 aromatic rings. The molecule has 0 aromatic heterocycles. The Hall–Kier alpha value is -1.31. The third-order valence-electron chi connectivity index (χ3n) is 2.75. The molecule has 0 unspecified atom stereocenters. The summed E-state index contributed by atoms with van der Waals surface area (Å²) in [6.07, 6.45) is 4.50. The molecule has 0 amide bonds. The van der Waals surface area contributed by atoms with E-state index in [4.69, 9.17) is 0 Å². The maximum Gasteiger partial charge on any atom is 0.128 e. The molecule has 0 saturated carbocycles. The molecule has 2 heteroatoms. The minimum atomic E-state index is -0.103. The van der Waals surface area contributed by atoms with Gasteiger partial charge in [0.25, 0.3) is 0 Å². The van der Waals surface area contributed by atoms with E-state index in [-0.39, 0.29) is 5.82 Å². The van der Waals surface area contributed by atoms with Crippen molar-refractivity contribution in [2.75, 3.05) is 6.54 Å². The molecule has 0 spiro atoms. The van der Waals surface area contributed by atoms with Crippen molar-refractivity contribution < 1.29 is 4.39 Å². The van der Waals surface area contributed by atoms with Crippen LogP contribution in [0, 0.1) is 5.82 Å². The predicted molar refractivity (Wildman–Crippen MR) is 59.8 cm³/mol. The molecule has 0 radical (unpaired) electrons. The van der Waals surface area contributed by atoms with Gasteiger partial charge < -0.3 is 4.90 Å². The van der Waals surface area contributed by atoms with Crippen molar-refractivity contribution in [3.63, 3.8) is 0 Å². The van der Waals surface area contributed by atoms with Crippen LogP contribution in [0.5, 0.6) is 0 Å². The number of benzene rings is 1. The first kappa shape index (κ1) is 10.2. The van der Waals surface area contributed by atoms with Gasteiger partial charge in [-0.2, -0.15) is 0 Å². The van der Waals surface area contributed by atoms with E-state index in [9.17, 15) is 4.39 Å². The minimum Gasteiger partial charge on any atom is -0.373 e. The first-order chi connectivity index (χ1) is 7.25. The van der Waals surface area contributed by atoms with Gasteiger partial charge in [-0.1, -0.05) is 23.8 Å². The Bertz CT molecular complexity index is 371. The summed E-state index contributed by atoms with van der Waals surface area (Å²) >= 11 is 0. The van der Waals surface area contributed by atoms with Crippen molar-refractivity contribution in [2.24, 2.45) is 0 Å². The molecule has 0 saturated heterocycles.